The zero-order valence-corrected chi connectivity index (χ0v) is 21.6. The molecule has 0 saturated carbocycles. The van der Waals surface area contributed by atoms with Gasteiger partial charge in [0.15, 0.2) is 5.96 Å². The van der Waals surface area contributed by atoms with E-state index in [4.69, 9.17) is 4.74 Å². The second-order valence-electron chi connectivity index (χ2n) is 8.00. The Bertz CT molecular complexity index is 830. The zero-order valence-electron chi connectivity index (χ0n) is 18.4. The molecular formula is C19H33IN6O4S. The number of likely N-dealkylation sites (tertiary alicyclic amines) is 1. The molecule has 1 fully saturated rings. The molecule has 31 heavy (non-hydrogen) atoms. The average molecular weight is 568 g/mol. The van der Waals surface area contributed by atoms with E-state index >= 15 is 0 Å². The topological polar surface area (TPSA) is 125 Å². The molecule has 2 rings (SSSR count). The number of hydrogen-bond donors (Lipinski definition) is 3. The molecular weight excluding hydrogens is 535 g/mol. The lowest BCUT2D eigenvalue weighted by molar-refractivity contribution is 0.0193. The molecule has 0 aromatic carbocycles. The van der Waals surface area contributed by atoms with Gasteiger partial charge in [0.2, 0.25) is 10.0 Å². The number of ether oxygens (including phenoxy) is 1. The molecule has 0 spiro atoms. The van der Waals surface area contributed by atoms with Crippen LogP contribution in [0, 0.1) is 0 Å². The molecule has 10 nitrogen and oxygen atoms in total. The Labute approximate surface area is 201 Å². The number of aromatic nitrogens is 1. The summed E-state index contributed by atoms with van der Waals surface area (Å²) >= 11 is 0. The number of nitrogens with one attached hydrogen (secondary N) is 3. The van der Waals surface area contributed by atoms with Gasteiger partial charge < -0.3 is 20.3 Å². The van der Waals surface area contributed by atoms with Gasteiger partial charge in [-0.1, -0.05) is 0 Å². The molecule has 0 bridgehead atoms. The van der Waals surface area contributed by atoms with E-state index in [-0.39, 0.29) is 47.6 Å². The van der Waals surface area contributed by atoms with E-state index in [2.05, 4.69) is 25.3 Å². The molecule has 1 saturated heterocycles. The molecule has 1 amide bonds. The SMILES string of the molecule is CN=C(NCCNS(=O)(=O)c1cccnc1)NC1CCCN(C(=O)OC(C)(C)C)C1.I. The van der Waals surface area contributed by atoms with E-state index in [0.717, 1.165) is 12.8 Å². The Balaban J connectivity index is 0.00000480. The first-order valence-corrected chi connectivity index (χ1v) is 11.4. The fourth-order valence-corrected chi connectivity index (χ4v) is 3.93. The molecule has 176 valence electrons. The Morgan fingerprint density at radius 1 is 1.35 bits per heavy atom. The molecule has 1 atom stereocenters. The van der Waals surface area contributed by atoms with E-state index in [0.29, 0.717) is 25.6 Å². The molecule has 1 aliphatic heterocycles. The lowest BCUT2D eigenvalue weighted by Crippen LogP contribution is -2.53. The van der Waals surface area contributed by atoms with Crippen molar-refractivity contribution in [2.24, 2.45) is 4.99 Å². The van der Waals surface area contributed by atoms with Crippen molar-refractivity contribution in [3.8, 4) is 0 Å². The van der Waals surface area contributed by atoms with Gasteiger partial charge in [-0.3, -0.25) is 9.98 Å². The van der Waals surface area contributed by atoms with E-state index in [1.165, 1.54) is 18.5 Å². The van der Waals surface area contributed by atoms with Gasteiger partial charge in [0.1, 0.15) is 10.5 Å². The number of amides is 1. The van der Waals surface area contributed by atoms with Crippen LogP contribution in [0.25, 0.3) is 0 Å². The minimum absolute atomic E-state index is 0. The molecule has 1 aromatic rings. The van der Waals surface area contributed by atoms with E-state index < -0.39 is 15.6 Å². The van der Waals surface area contributed by atoms with Gasteiger partial charge in [-0.15, -0.1) is 24.0 Å². The number of pyridine rings is 1. The van der Waals surface area contributed by atoms with Crippen LogP contribution in [0.15, 0.2) is 34.4 Å². The summed E-state index contributed by atoms with van der Waals surface area (Å²) in [6.07, 6.45) is 4.26. The van der Waals surface area contributed by atoms with Crippen molar-refractivity contribution in [1.29, 1.82) is 0 Å². The highest BCUT2D eigenvalue weighted by Crippen LogP contribution is 2.15. The van der Waals surface area contributed by atoms with Crippen LogP contribution in [0.2, 0.25) is 0 Å². The minimum atomic E-state index is -3.59. The van der Waals surface area contributed by atoms with Crippen molar-refractivity contribution in [2.45, 2.75) is 50.2 Å². The van der Waals surface area contributed by atoms with Crippen molar-refractivity contribution in [3.63, 3.8) is 0 Å². The van der Waals surface area contributed by atoms with Crippen molar-refractivity contribution in [3.05, 3.63) is 24.5 Å². The summed E-state index contributed by atoms with van der Waals surface area (Å²) in [6, 6.07) is 3.09. The fraction of sp³-hybridized carbons (Fsp3) is 0.632. The average Bonchev–Trinajstić information content (AvgIpc) is 2.70. The first kappa shape index (κ1) is 27.4. The summed E-state index contributed by atoms with van der Waals surface area (Å²) in [6.45, 7) is 7.25. The molecule has 12 heteroatoms. The standard InChI is InChI=1S/C19H32N6O4S.HI/c1-19(2,3)29-18(26)25-12-6-7-15(14-25)24-17(20-4)22-10-11-23-30(27,28)16-8-5-9-21-13-16;/h5,8-9,13,15,23H,6-7,10-12,14H2,1-4H3,(H2,20,22,24);1H. The maximum atomic E-state index is 12.3. The van der Waals surface area contributed by atoms with Crippen molar-refractivity contribution < 1.29 is 17.9 Å². The fourth-order valence-electron chi connectivity index (χ4n) is 2.93. The molecule has 2 heterocycles. The number of halogens is 1. The highest BCUT2D eigenvalue weighted by molar-refractivity contribution is 14.0. The second-order valence-corrected chi connectivity index (χ2v) is 9.76. The normalized spacial score (nSPS) is 17.5. The lowest BCUT2D eigenvalue weighted by atomic mass is 10.1. The third-order valence-corrected chi connectivity index (χ3v) is 5.74. The maximum absolute atomic E-state index is 12.3. The number of aliphatic imine (C=N–C) groups is 1. The van der Waals surface area contributed by atoms with Crippen molar-refractivity contribution in [1.82, 2.24) is 25.2 Å². The molecule has 0 aliphatic carbocycles. The third-order valence-electron chi connectivity index (χ3n) is 4.29. The smallest absolute Gasteiger partial charge is 0.410 e. The van der Waals surface area contributed by atoms with Crippen LogP contribution < -0.4 is 15.4 Å². The summed E-state index contributed by atoms with van der Waals surface area (Å²) < 4.78 is 32.3. The molecule has 3 N–H and O–H groups in total. The molecule has 1 aromatic heterocycles. The van der Waals surface area contributed by atoms with Gasteiger partial charge >= 0.3 is 6.09 Å². The third kappa shape index (κ3) is 9.56. The number of nitrogens with zero attached hydrogens (tertiary/aromatic N) is 3. The first-order valence-electron chi connectivity index (χ1n) is 9.95. The minimum Gasteiger partial charge on any atom is -0.444 e. The van der Waals surface area contributed by atoms with Crippen LogP contribution in [-0.2, 0) is 14.8 Å². The van der Waals surface area contributed by atoms with Crippen LogP contribution in [-0.4, -0.2) is 75.2 Å². The quantitative estimate of drug-likeness (QED) is 0.206. The predicted molar refractivity (Wildman–Crippen MR) is 130 cm³/mol. The number of carbonyl (C=O) groups is 1. The van der Waals surface area contributed by atoms with Gasteiger partial charge in [-0.25, -0.2) is 17.9 Å². The summed E-state index contributed by atoms with van der Waals surface area (Å²) in [5.41, 5.74) is -0.530. The molecule has 0 radical (unpaired) electrons. The van der Waals surface area contributed by atoms with Gasteiger partial charge in [0, 0.05) is 51.7 Å². The van der Waals surface area contributed by atoms with Crippen molar-refractivity contribution >= 4 is 46.1 Å². The van der Waals surface area contributed by atoms with Gasteiger partial charge in [0.25, 0.3) is 0 Å². The highest BCUT2D eigenvalue weighted by Gasteiger charge is 2.28. The predicted octanol–water partition coefficient (Wildman–Crippen LogP) is 1.54. The molecule has 1 aliphatic rings. The summed E-state index contributed by atoms with van der Waals surface area (Å²) in [7, 11) is -1.95. The summed E-state index contributed by atoms with van der Waals surface area (Å²) in [5, 5.41) is 6.37. The van der Waals surface area contributed by atoms with Crippen LogP contribution in [0.5, 0.6) is 0 Å². The molecule has 1 unspecified atom stereocenters. The summed E-state index contributed by atoms with van der Waals surface area (Å²) in [5.74, 6) is 0.548. The lowest BCUT2D eigenvalue weighted by Gasteiger charge is -2.35. The number of hydrogen-bond acceptors (Lipinski definition) is 6. The first-order chi connectivity index (χ1) is 14.1. The Hall–Kier alpha value is -1.67. The monoisotopic (exact) mass is 568 g/mol. The number of carbonyl (C=O) groups excluding carboxylic acids is 1. The van der Waals surface area contributed by atoms with Gasteiger partial charge in [-0.2, -0.15) is 0 Å². The highest BCUT2D eigenvalue weighted by atomic mass is 127. The van der Waals surface area contributed by atoms with E-state index in [1.54, 1.807) is 18.0 Å². The number of rotatable bonds is 6. The van der Waals surface area contributed by atoms with Crippen molar-refractivity contribution in [2.75, 3.05) is 33.2 Å². The van der Waals surface area contributed by atoms with Crippen LogP contribution >= 0.6 is 24.0 Å². The van der Waals surface area contributed by atoms with Gasteiger partial charge in [0.05, 0.1) is 0 Å². The second kappa shape index (κ2) is 12.4. The Kier molecular flexibility index (Phi) is 10.9. The largest absolute Gasteiger partial charge is 0.444 e. The maximum Gasteiger partial charge on any atom is 0.410 e. The van der Waals surface area contributed by atoms with E-state index in [1.807, 2.05) is 20.8 Å². The summed E-state index contributed by atoms with van der Waals surface area (Å²) in [4.78, 5) is 22.1. The number of sulfonamides is 1. The van der Waals surface area contributed by atoms with E-state index in [9.17, 15) is 13.2 Å². The van der Waals surface area contributed by atoms with Crippen LogP contribution in [0.3, 0.4) is 0 Å². The van der Waals surface area contributed by atoms with Crippen LogP contribution in [0.1, 0.15) is 33.6 Å². The Morgan fingerprint density at radius 3 is 2.71 bits per heavy atom. The zero-order chi connectivity index (χ0) is 22.2. The number of guanidine groups is 1. The number of piperidine rings is 1. The Morgan fingerprint density at radius 2 is 2.10 bits per heavy atom. The van der Waals surface area contributed by atoms with Gasteiger partial charge in [-0.05, 0) is 45.7 Å². The van der Waals surface area contributed by atoms with Crippen LogP contribution in [0.4, 0.5) is 4.79 Å².